The Hall–Kier alpha value is -2.48. The van der Waals surface area contributed by atoms with Crippen molar-refractivity contribution in [2.45, 2.75) is 13.1 Å². The molecule has 2 heterocycles. The van der Waals surface area contributed by atoms with Gasteiger partial charge >= 0.3 is 5.97 Å². The number of hydrogen-bond donors (Lipinski definition) is 1. The van der Waals surface area contributed by atoms with E-state index >= 15 is 0 Å². The Kier molecular flexibility index (Phi) is 4.83. The van der Waals surface area contributed by atoms with E-state index in [1.807, 2.05) is 0 Å². The van der Waals surface area contributed by atoms with E-state index in [0.29, 0.717) is 17.9 Å². The van der Waals surface area contributed by atoms with Crippen molar-refractivity contribution >= 4 is 23.3 Å². The second kappa shape index (κ2) is 6.80. The molecule has 0 aromatic carbocycles. The van der Waals surface area contributed by atoms with Gasteiger partial charge in [-0.15, -0.1) is 0 Å². The van der Waals surface area contributed by atoms with Crippen LogP contribution in [-0.4, -0.2) is 33.1 Å². The average Bonchev–Trinajstić information content (AvgIpc) is 2.52. The number of aromatic nitrogens is 4. The van der Waals surface area contributed by atoms with Gasteiger partial charge in [0.25, 0.3) is 5.56 Å². The van der Waals surface area contributed by atoms with Crippen LogP contribution >= 0.6 is 11.6 Å². The molecule has 0 bridgehead atoms. The van der Waals surface area contributed by atoms with Crippen LogP contribution in [0.5, 0.6) is 0 Å². The number of esters is 1. The molecule has 0 saturated carbocycles. The lowest BCUT2D eigenvalue weighted by Crippen LogP contribution is -2.28. The number of nitrogens with zero attached hydrogens (tertiary/aromatic N) is 4. The van der Waals surface area contributed by atoms with E-state index in [0.717, 1.165) is 4.68 Å². The molecular formula is C12H12ClN5O3. The van der Waals surface area contributed by atoms with Crippen molar-refractivity contribution in [3.05, 3.63) is 45.6 Å². The smallest absolute Gasteiger partial charge is 0.327 e. The Bertz CT molecular complexity index is 689. The van der Waals surface area contributed by atoms with E-state index in [1.165, 1.54) is 13.3 Å². The maximum atomic E-state index is 11.9. The van der Waals surface area contributed by atoms with Crippen LogP contribution in [0.4, 0.5) is 5.69 Å². The number of rotatable bonds is 5. The fraction of sp³-hybridized carbons (Fsp3) is 0.250. The van der Waals surface area contributed by atoms with Gasteiger partial charge in [-0.1, -0.05) is 11.6 Å². The third-order valence-electron chi connectivity index (χ3n) is 2.58. The van der Waals surface area contributed by atoms with Crippen LogP contribution in [0.3, 0.4) is 0 Å². The molecule has 0 amide bonds. The Morgan fingerprint density at radius 3 is 3.00 bits per heavy atom. The fourth-order valence-electron chi connectivity index (χ4n) is 1.50. The first-order chi connectivity index (χ1) is 10.1. The molecule has 2 aromatic rings. The zero-order valence-corrected chi connectivity index (χ0v) is 11.9. The largest absolute Gasteiger partial charge is 0.468 e. The first-order valence-corrected chi connectivity index (χ1v) is 6.32. The topological polar surface area (TPSA) is 99.0 Å². The van der Waals surface area contributed by atoms with Crippen molar-refractivity contribution in [1.29, 1.82) is 0 Å². The fourth-order valence-corrected chi connectivity index (χ4v) is 1.71. The highest BCUT2D eigenvalue weighted by Gasteiger charge is 2.12. The van der Waals surface area contributed by atoms with Crippen LogP contribution in [0.15, 0.2) is 29.3 Å². The zero-order chi connectivity index (χ0) is 15.2. The first-order valence-electron chi connectivity index (χ1n) is 5.94. The standard InChI is InChI=1S/C12H12ClN5O3/c1-21-10(19)7-18-12(20)11(13)9(6-16-18)14-5-8-3-2-4-15-17-8/h2-4,6,14H,5,7H2,1H3. The van der Waals surface area contributed by atoms with E-state index in [2.05, 4.69) is 25.3 Å². The van der Waals surface area contributed by atoms with Crippen LogP contribution in [0.1, 0.15) is 5.69 Å². The van der Waals surface area contributed by atoms with Crippen LogP contribution in [-0.2, 0) is 22.6 Å². The zero-order valence-electron chi connectivity index (χ0n) is 11.1. The number of hydrogen-bond acceptors (Lipinski definition) is 7. The normalized spacial score (nSPS) is 10.2. The van der Waals surface area contributed by atoms with Gasteiger partial charge in [-0.2, -0.15) is 15.3 Å². The summed E-state index contributed by atoms with van der Waals surface area (Å²) < 4.78 is 5.40. The van der Waals surface area contributed by atoms with Gasteiger partial charge in [-0.05, 0) is 12.1 Å². The molecule has 0 atom stereocenters. The summed E-state index contributed by atoms with van der Waals surface area (Å²) >= 11 is 5.97. The molecule has 21 heavy (non-hydrogen) atoms. The van der Waals surface area contributed by atoms with Crippen LogP contribution < -0.4 is 10.9 Å². The quantitative estimate of drug-likeness (QED) is 0.801. The average molecular weight is 310 g/mol. The molecule has 110 valence electrons. The number of ether oxygens (including phenoxy) is 1. The van der Waals surface area contributed by atoms with Gasteiger partial charge in [0.1, 0.15) is 11.6 Å². The molecule has 0 aliphatic carbocycles. The summed E-state index contributed by atoms with van der Waals surface area (Å²) in [5, 5.41) is 14.4. The van der Waals surface area contributed by atoms with Crippen molar-refractivity contribution in [2.24, 2.45) is 0 Å². The number of halogens is 1. The molecule has 0 aliphatic rings. The molecule has 0 radical (unpaired) electrons. The Morgan fingerprint density at radius 2 is 2.33 bits per heavy atom. The lowest BCUT2D eigenvalue weighted by atomic mass is 10.3. The van der Waals surface area contributed by atoms with Gasteiger partial charge < -0.3 is 10.1 Å². The summed E-state index contributed by atoms with van der Waals surface area (Å²) in [4.78, 5) is 23.1. The number of carbonyl (C=O) groups excluding carboxylic acids is 1. The molecule has 0 aliphatic heterocycles. The van der Waals surface area contributed by atoms with Crippen LogP contribution in [0.2, 0.25) is 5.02 Å². The number of carbonyl (C=O) groups is 1. The van der Waals surface area contributed by atoms with Gasteiger partial charge in [-0.3, -0.25) is 9.59 Å². The van der Waals surface area contributed by atoms with E-state index in [9.17, 15) is 9.59 Å². The minimum atomic E-state index is -0.582. The maximum absolute atomic E-state index is 11.9. The van der Waals surface area contributed by atoms with E-state index in [4.69, 9.17) is 11.6 Å². The van der Waals surface area contributed by atoms with Crippen molar-refractivity contribution < 1.29 is 9.53 Å². The molecule has 0 unspecified atom stereocenters. The third-order valence-corrected chi connectivity index (χ3v) is 2.94. The molecule has 1 N–H and O–H groups in total. The van der Waals surface area contributed by atoms with Crippen molar-refractivity contribution in [3.8, 4) is 0 Å². The highest BCUT2D eigenvalue weighted by Crippen LogP contribution is 2.15. The van der Waals surface area contributed by atoms with Gasteiger partial charge in [-0.25, -0.2) is 4.68 Å². The number of nitrogens with one attached hydrogen (secondary N) is 1. The molecule has 2 aromatic heterocycles. The highest BCUT2D eigenvalue weighted by molar-refractivity contribution is 6.32. The predicted molar refractivity (Wildman–Crippen MR) is 74.9 cm³/mol. The van der Waals surface area contributed by atoms with E-state index in [-0.39, 0.29) is 11.6 Å². The number of anilines is 1. The maximum Gasteiger partial charge on any atom is 0.327 e. The highest BCUT2D eigenvalue weighted by atomic mass is 35.5. The van der Waals surface area contributed by atoms with Gasteiger partial charge in [0, 0.05) is 6.20 Å². The van der Waals surface area contributed by atoms with Crippen LogP contribution in [0.25, 0.3) is 0 Å². The summed E-state index contributed by atoms with van der Waals surface area (Å²) in [6.07, 6.45) is 2.93. The molecule has 0 spiro atoms. The molecule has 9 heteroatoms. The van der Waals surface area contributed by atoms with Gasteiger partial charge in [0.2, 0.25) is 0 Å². The second-order valence-corrected chi connectivity index (χ2v) is 4.36. The second-order valence-electron chi connectivity index (χ2n) is 3.98. The molecular weight excluding hydrogens is 298 g/mol. The third kappa shape index (κ3) is 3.76. The SMILES string of the molecule is COC(=O)Cn1ncc(NCc2cccnn2)c(Cl)c1=O. The van der Waals surface area contributed by atoms with Crippen molar-refractivity contribution in [1.82, 2.24) is 20.0 Å². The summed E-state index contributed by atoms with van der Waals surface area (Å²) in [5.41, 5.74) is 0.465. The summed E-state index contributed by atoms with van der Waals surface area (Å²) in [7, 11) is 1.23. The van der Waals surface area contributed by atoms with E-state index in [1.54, 1.807) is 18.3 Å². The van der Waals surface area contributed by atoms with Gasteiger partial charge in [0.15, 0.2) is 0 Å². The minimum Gasteiger partial charge on any atom is -0.468 e. The Morgan fingerprint density at radius 1 is 1.52 bits per heavy atom. The Balaban J connectivity index is 2.13. The summed E-state index contributed by atoms with van der Waals surface area (Å²) in [6.45, 7) is 0.0508. The van der Waals surface area contributed by atoms with E-state index < -0.39 is 11.5 Å². The minimum absolute atomic E-state index is 0.0576. The monoisotopic (exact) mass is 309 g/mol. The number of methoxy groups -OCH3 is 1. The lowest BCUT2D eigenvalue weighted by Gasteiger charge is -2.09. The molecule has 2 rings (SSSR count). The van der Waals surface area contributed by atoms with Crippen LogP contribution in [0, 0.1) is 0 Å². The summed E-state index contributed by atoms with van der Waals surface area (Å²) in [6, 6.07) is 3.53. The molecule has 0 saturated heterocycles. The molecule has 0 fully saturated rings. The Labute approximate surface area is 124 Å². The summed E-state index contributed by atoms with van der Waals surface area (Å²) in [5.74, 6) is -0.582. The predicted octanol–water partition coefficient (Wildman–Crippen LogP) is 0.472. The first kappa shape index (κ1) is 14.9. The molecule has 8 nitrogen and oxygen atoms in total. The van der Waals surface area contributed by atoms with Crippen molar-refractivity contribution in [2.75, 3.05) is 12.4 Å². The lowest BCUT2D eigenvalue weighted by molar-refractivity contribution is -0.141. The van der Waals surface area contributed by atoms with Crippen molar-refractivity contribution in [3.63, 3.8) is 0 Å². The van der Waals surface area contributed by atoms with Gasteiger partial charge in [0.05, 0.1) is 31.2 Å².